The van der Waals surface area contributed by atoms with Crippen LogP contribution >= 0.6 is 11.3 Å². The van der Waals surface area contributed by atoms with Gasteiger partial charge in [-0.15, -0.1) is 11.3 Å². The monoisotopic (exact) mass is 254 g/mol. The smallest absolute Gasteiger partial charge is 0.140 e. The summed E-state index contributed by atoms with van der Waals surface area (Å²) in [6.45, 7) is 8.95. The number of aromatic nitrogens is 1. The molecule has 96 valence electrons. The molecule has 0 aliphatic rings. The van der Waals surface area contributed by atoms with E-state index in [0.29, 0.717) is 19.4 Å². The molecule has 3 nitrogen and oxygen atoms in total. The lowest BCUT2D eigenvalue weighted by atomic mass is 9.93. The number of carbonyl (C=O) groups is 1. The van der Waals surface area contributed by atoms with Crippen molar-refractivity contribution in [2.45, 2.75) is 46.0 Å². The van der Waals surface area contributed by atoms with Gasteiger partial charge in [0.2, 0.25) is 0 Å². The van der Waals surface area contributed by atoms with E-state index in [1.165, 1.54) is 0 Å². The van der Waals surface area contributed by atoms with E-state index in [2.05, 4.69) is 31.1 Å². The fourth-order valence-corrected chi connectivity index (χ4v) is 2.50. The van der Waals surface area contributed by atoms with E-state index in [1.54, 1.807) is 11.3 Å². The highest BCUT2D eigenvalue weighted by atomic mass is 32.1. The van der Waals surface area contributed by atoms with Crippen LogP contribution in [0.3, 0.4) is 0 Å². The van der Waals surface area contributed by atoms with Gasteiger partial charge in [0.05, 0.1) is 12.1 Å². The third-order valence-corrected chi connectivity index (χ3v) is 3.50. The maximum atomic E-state index is 11.8. The first-order valence-corrected chi connectivity index (χ1v) is 6.87. The lowest BCUT2D eigenvalue weighted by molar-refractivity contribution is -0.119. The van der Waals surface area contributed by atoms with Gasteiger partial charge in [-0.1, -0.05) is 27.7 Å². The summed E-state index contributed by atoms with van der Waals surface area (Å²) in [6.07, 6.45) is 1.01. The van der Waals surface area contributed by atoms with Crippen molar-refractivity contribution in [2.75, 3.05) is 6.54 Å². The van der Waals surface area contributed by atoms with Crippen LogP contribution in [-0.2, 0) is 16.6 Å². The van der Waals surface area contributed by atoms with Crippen molar-refractivity contribution in [1.82, 2.24) is 4.98 Å². The number of nitrogens with two attached hydrogens (primary N) is 1. The Morgan fingerprint density at radius 2 is 2.18 bits per heavy atom. The molecule has 1 atom stereocenters. The average molecular weight is 254 g/mol. The lowest BCUT2D eigenvalue weighted by Gasteiger charge is -2.14. The fourth-order valence-electron chi connectivity index (χ4n) is 1.45. The molecule has 0 amide bonds. The predicted molar refractivity (Wildman–Crippen MR) is 72.4 cm³/mol. The largest absolute Gasteiger partial charge is 0.330 e. The molecule has 0 fully saturated rings. The van der Waals surface area contributed by atoms with Gasteiger partial charge in [0, 0.05) is 17.2 Å². The summed E-state index contributed by atoms with van der Waals surface area (Å²) < 4.78 is 0. The lowest BCUT2D eigenvalue weighted by Crippen LogP contribution is -2.16. The van der Waals surface area contributed by atoms with E-state index in [1.807, 2.05) is 6.92 Å². The zero-order chi connectivity index (χ0) is 13.1. The zero-order valence-electron chi connectivity index (χ0n) is 11.1. The Kier molecular flexibility index (Phi) is 4.83. The predicted octanol–water partition coefficient (Wildman–Crippen LogP) is 2.54. The number of Topliss-reactive ketones (excluding diaryl/α,β-unsaturated/α-hetero) is 1. The molecule has 1 aromatic heterocycles. The molecule has 4 heteroatoms. The van der Waals surface area contributed by atoms with Gasteiger partial charge in [-0.2, -0.15) is 0 Å². The van der Waals surface area contributed by atoms with E-state index in [4.69, 9.17) is 5.73 Å². The van der Waals surface area contributed by atoms with Crippen molar-refractivity contribution in [1.29, 1.82) is 0 Å². The molecule has 0 aliphatic carbocycles. The van der Waals surface area contributed by atoms with Crippen LogP contribution in [0.25, 0.3) is 0 Å². The van der Waals surface area contributed by atoms with Crippen LogP contribution in [0.15, 0.2) is 5.38 Å². The van der Waals surface area contributed by atoms with E-state index < -0.39 is 0 Å². The van der Waals surface area contributed by atoms with Gasteiger partial charge >= 0.3 is 0 Å². The third-order valence-electron chi connectivity index (χ3n) is 2.65. The highest BCUT2D eigenvalue weighted by molar-refractivity contribution is 7.09. The minimum atomic E-state index is 0.0579. The first-order chi connectivity index (χ1) is 7.82. The van der Waals surface area contributed by atoms with Crippen LogP contribution in [-0.4, -0.2) is 17.3 Å². The molecule has 0 saturated heterocycles. The Labute approximate surface area is 107 Å². The van der Waals surface area contributed by atoms with E-state index in [9.17, 15) is 4.79 Å². The SMILES string of the molecule is CC(CN)CC(=O)Cc1nc(C(C)(C)C)cs1. The van der Waals surface area contributed by atoms with Crippen LogP contribution in [0.2, 0.25) is 0 Å². The van der Waals surface area contributed by atoms with Gasteiger partial charge in [-0.05, 0) is 12.5 Å². The van der Waals surface area contributed by atoms with Crippen LogP contribution in [0.1, 0.15) is 44.8 Å². The Morgan fingerprint density at radius 3 is 2.65 bits per heavy atom. The van der Waals surface area contributed by atoms with E-state index in [0.717, 1.165) is 10.7 Å². The second-order valence-corrected chi connectivity index (χ2v) is 6.58. The van der Waals surface area contributed by atoms with Crippen molar-refractivity contribution < 1.29 is 4.79 Å². The maximum absolute atomic E-state index is 11.8. The maximum Gasteiger partial charge on any atom is 0.140 e. The van der Waals surface area contributed by atoms with Crippen LogP contribution in [0.4, 0.5) is 0 Å². The standard InChI is InChI=1S/C13H22N2OS/c1-9(7-14)5-10(16)6-12-15-11(8-17-12)13(2,3)4/h8-9H,5-7,14H2,1-4H3. The summed E-state index contributed by atoms with van der Waals surface area (Å²) in [6, 6.07) is 0. The number of carbonyl (C=O) groups excluding carboxylic acids is 1. The molecule has 1 unspecified atom stereocenters. The Bertz CT molecular complexity index is 379. The summed E-state index contributed by atoms with van der Waals surface area (Å²) in [5.74, 6) is 0.502. The van der Waals surface area contributed by atoms with Gasteiger partial charge in [0.25, 0.3) is 0 Å². The molecule has 1 heterocycles. The molecule has 0 bridgehead atoms. The minimum absolute atomic E-state index is 0.0579. The van der Waals surface area contributed by atoms with Gasteiger partial charge in [0.15, 0.2) is 0 Å². The van der Waals surface area contributed by atoms with Crippen LogP contribution in [0, 0.1) is 5.92 Å². The molecule has 1 rings (SSSR count). The number of rotatable bonds is 5. The topological polar surface area (TPSA) is 56.0 Å². The molecule has 0 aliphatic heterocycles. The molecule has 17 heavy (non-hydrogen) atoms. The Morgan fingerprint density at radius 1 is 1.53 bits per heavy atom. The van der Waals surface area contributed by atoms with E-state index >= 15 is 0 Å². The van der Waals surface area contributed by atoms with Crippen molar-refractivity contribution in [3.63, 3.8) is 0 Å². The number of thiazole rings is 1. The van der Waals surface area contributed by atoms with Gasteiger partial charge in [-0.25, -0.2) is 4.98 Å². The molecule has 0 saturated carbocycles. The van der Waals surface area contributed by atoms with Crippen LogP contribution in [0.5, 0.6) is 0 Å². The molecular formula is C13H22N2OS. The summed E-state index contributed by atoms with van der Waals surface area (Å²) in [7, 11) is 0. The summed E-state index contributed by atoms with van der Waals surface area (Å²) in [5, 5.41) is 2.97. The second-order valence-electron chi connectivity index (χ2n) is 5.64. The minimum Gasteiger partial charge on any atom is -0.330 e. The highest BCUT2D eigenvalue weighted by Gasteiger charge is 2.18. The number of hydrogen-bond donors (Lipinski definition) is 1. The van der Waals surface area contributed by atoms with Gasteiger partial charge in [0.1, 0.15) is 10.8 Å². The van der Waals surface area contributed by atoms with Crippen molar-refractivity contribution in [3.05, 3.63) is 16.1 Å². The number of ketones is 1. The molecule has 0 spiro atoms. The first-order valence-electron chi connectivity index (χ1n) is 5.99. The van der Waals surface area contributed by atoms with Gasteiger partial charge < -0.3 is 5.73 Å². The Balaban J connectivity index is 2.58. The zero-order valence-corrected chi connectivity index (χ0v) is 11.9. The van der Waals surface area contributed by atoms with Crippen molar-refractivity contribution in [2.24, 2.45) is 11.7 Å². The molecule has 0 aromatic carbocycles. The third kappa shape index (κ3) is 4.56. The average Bonchev–Trinajstić information content (AvgIpc) is 2.65. The second kappa shape index (κ2) is 5.74. The fraction of sp³-hybridized carbons (Fsp3) is 0.692. The number of nitrogens with zero attached hydrogens (tertiary/aromatic N) is 1. The van der Waals surface area contributed by atoms with Crippen LogP contribution < -0.4 is 5.73 Å². The molecular weight excluding hydrogens is 232 g/mol. The summed E-state index contributed by atoms with van der Waals surface area (Å²) >= 11 is 1.58. The highest BCUT2D eigenvalue weighted by Crippen LogP contribution is 2.24. The summed E-state index contributed by atoms with van der Waals surface area (Å²) in [5.41, 5.74) is 6.63. The first kappa shape index (κ1) is 14.3. The Hall–Kier alpha value is -0.740. The van der Waals surface area contributed by atoms with Crippen molar-refractivity contribution >= 4 is 17.1 Å². The quantitative estimate of drug-likeness (QED) is 0.878. The normalized spacial score (nSPS) is 13.7. The van der Waals surface area contributed by atoms with Gasteiger partial charge in [-0.3, -0.25) is 4.79 Å². The molecule has 0 radical (unpaired) electrons. The number of hydrogen-bond acceptors (Lipinski definition) is 4. The molecule has 2 N–H and O–H groups in total. The van der Waals surface area contributed by atoms with E-state index in [-0.39, 0.29) is 17.1 Å². The molecule has 1 aromatic rings. The summed E-state index contributed by atoms with van der Waals surface area (Å²) in [4.78, 5) is 16.3. The van der Waals surface area contributed by atoms with Crippen molar-refractivity contribution in [3.8, 4) is 0 Å².